The molecule has 1 fully saturated rings. The van der Waals surface area contributed by atoms with Gasteiger partial charge in [-0.05, 0) is 66.1 Å². The molecule has 9 heteroatoms. The Hall–Kier alpha value is -5.44. The molecule has 0 unspecified atom stereocenters. The zero-order chi connectivity index (χ0) is 31.8. The standard InChI is InChI=1S/C37H34N6O3/c1-3-24-16-26(25-8-10-28(11-9-25)37(13-14-37)35(44)45)18-29(17-24)40-36(46)43-15-12-32-31(21-43)33(30-7-5-4-6-23(30)2)42-34(41-32)27-19-38-22-39-20-27/h4-11,16-20,22H,3,12-15,21H2,1-2H3,(H,40,46)(H,44,45). The van der Waals surface area contributed by atoms with Crippen molar-refractivity contribution in [2.45, 2.75) is 51.5 Å². The number of hydrogen-bond donors (Lipinski definition) is 2. The lowest BCUT2D eigenvalue weighted by atomic mass is 9.93. The molecule has 2 aliphatic rings. The van der Waals surface area contributed by atoms with Crippen LogP contribution < -0.4 is 5.32 Å². The maximum atomic E-state index is 13.8. The summed E-state index contributed by atoms with van der Waals surface area (Å²) in [5.74, 6) is -0.190. The summed E-state index contributed by atoms with van der Waals surface area (Å²) in [6, 6.07) is 21.8. The van der Waals surface area contributed by atoms with Crippen LogP contribution in [0.25, 0.3) is 33.8 Å². The molecule has 2 N–H and O–H groups in total. The fourth-order valence-corrected chi connectivity index (χ4v) is 6.26. The van der Waals surface area contributed by atoms with E-state index in [0.29, 0.717) is 43.9 Å². The van der Waals surface area contributed by atoms with Crippen LogP contribution >= 0.6 is 0 Å². The maximum absolute atomic E-state index is 13.8. The van der Waals surface area contributed by atoms with E-state index in [4.69, 9.17) is 9.97 Å². The summed E-state index contributed by atoms with van der Waals surface area (Å²) in [5.41, 5.74) is 9.37. The van der Waals surface area contributed by atoms with Gasteiger partial charge in [0.2, 0.25) is 0 Å². The summed E-state index contributed by atoms with van der Waals surface area (Å²) in [6.45, 7) is 5.04. The van der Waals surface area contributed by atoms with Gasteiger partial charge in [-0.25, -0.2) is 24.7 Å². The van der Waals surface area contributed by atoms with Gasteiger partial charge in [0.1, 0.15) is 6.33 Å². The van der Waals surface area contributed by atoms with Crippen LogP contribution in [0.1, 0.15) is 47.7 Å². The van der Waals surface area contributed by atoms with Crippen LogP contribution in [-0.2, 0) is 29.6 Å². The van der Waals surface area contributed by atoms with Gasteiger partial charge in [-0.3, -0.25) is 4.79 Å². The summed E-state index contributed by atoms with van der Waals surface area (Å²) in [5, 5.41) is 12.8. The van der Waals surface area contributed by atoms with Crippen molar-refractivity contribution in [2.75, 3.05) is 11.9 Å². The Morgan fingerprint density at radius 3 is 2.39 bits per heavy atom. The van der Waals surface area contributed by atoms with Crippen molar-refractivity contribution in [3.8, 4) is 33.8 Å². The van der Waals surface area contributed by atoms with Gasteiger partial charge in [-0.15, -0.1) is 0 Å². The van der Waals surface area contributed by atoms with Crippen molar-refractivity contribution >= 4 is 17.7 Å². The Labute approximate surface area is 267 Å². The zero-order valence-electron chi connectivity index (χ0n) is 25.8. The number of nitrogens with zero attached hydrogens (tertiary/aromatic N) is 5. The second kappa shape index (κ2) is 11.8. The number of benzene rings is 3. The van der Waals surface area contributed by atoms with Gasteiger partial charge < -0.3 is 15.3 Å². The molecule has 1 aliphatic heterocycles. The largest absolute Gasteiger partial charge is 0.481 e. The number of anilines is 1. The predicted octanol–water partition coefficient (Wildman–Crippen LogP) is 6.84. The summed E-state index contributed by atoms with van der Waals surface area (Å²) in [4.78, 5) is 45.6. The van der Waals surface area contributed by atoms with E-state index in [1.54, 1.807) is 12.4 Å². The number of nitrogens with one attached hydrogen (secondary N) is 1. The average molecular weight is 611 g/mol. The molecule has 3 aromatic carbocycles. The number of aryl methyl sites for hydroxylation is 2. The van der Waals surface area contributed by atoms with Crippen molar-refractivity contribution in [1.29, 1.82) is 0 Å². The molecule has 5 aromatic rings. The van der Waals surface area contributed by atoms with Gasteiger partial charge in [-0.1, -0.05) is 61.5 Å². The maximum Gasteiger partial charge on any atom is 0.322 e. The Morgan fingerprint density at radius 2 is 1.70 bits per heavy atom. The third-order valence-corrected chi connectivity index (χ3v) is 9.15. The van der Waals surface area contributed by atoms with Crippen LogP contribution in [0, 0.1) is 6.92 Å². The number of urea groups is 1. The molecule has 230 valence electrons. The first kappa shape index (κ1) is 29.3. The number of carboxylic acid groups (broad SMARTS) is 1. The van der Waals surface area contributed by atoms with Crippen molar-refractivity contribution in [1.82, 2.24) is 24.8 Å². The molecular weight excluding hydrogens is 576 g/mol. The van der Waals surface area contributed by atoms with E-state index in [-0.39, 0.29) is 6.03 Å². The van der Waals surface area contributed by atoms with Crippen molar-refractivity contribution in [2.24, 2.45) is 0 Å². The molecule has 9 nitrogen and oxygen atoms in total. The lowest BCUT2D eigenvalue weighted by Crippen LogP contribution is -2.39. The lowest BCUT2D eigenvalue weighted by Gasteiger charge is -2.30. The fourth-order valence-electron chi connectivity index (χ4n) is 6.26. The molecule has 2 amide bonds. The van der Waals surface area contributed by atoms with E-state index in [1.807, 2.05) is 53.4 Å². The van der Waals surface area contributed by atoms with Crippen LogP contribution in [-0.4, -0.2) is 48.5 Å². The van der Waals surface area contributed by atoms with Crippen molar-refractivity contribution in [3.05, 3.63) is 113 Å². The van der Waals surface area contributed by atoms with Gasteiger partial charge in [0.05, 0.1) is 28.9 Å². The monoisotopic (exact) mass is 610 g/mol. The van der Waals surface area contributed by atoms with Crippen LogP contribution in [0.15, 0.2) is 85.5 Å². The van der Waals surface area contributed by atoms with E-state index in [9.17, 15) is 14.7 Å². The summed E-state index contributed by atoms with van der Waals surface area (Å²) in [7, 11) is 0. The molecule has 2 aromatic heterocycles. The van der Waals surface area contributed by atoms with Gasteiger partial charge in [0.25, 0.3) is 0 Å². The Bertz CT molecular complexity index is 1950. The minimum atomic E-state index is -0.762. The number of amides is 2. The van der Waals surface area contributed by atoms with Gasteiger partial charge >= 0.3 is 12.0 Å². The Morgan fingerprint density at radius 1 is 0.935 bits per heavy atom. The number of aromatic nitrogens is 4. The Balaban J connectivity index is 1.16. The van der Waals surface area contributed by atoms with Crippen LogP contribution in [0.3, 0.4) is 0 Å². The van der Waals surface area contributed by atoms with E-state index < -0.39 is 11.4 Å². The normalized spacial score (nSPS) is 14.8. The SMILES string of the molecule is CCc1cc(NC(=O)N2CCc3nc(-c4cncnc4)nc(-c4ccccc4C)c3C2)cc(-c2ccc(C3(C(=O)O)CC3)cc2)c1. The third-order valence-electron chi connectivity index (χ3n) is 9.15. The minimum Gasteiger partial charge on any atom is -0.481 e. The lowest BCUT2D eigenvalue weighted by molar-refractivity contribution is -0.140. The predicted molar refractivity (Wildman–Crippen MR) is 176 cm³/mol. The van der Waals surface area contributed by atoms with Crippen LogP contribution in [0.2, 0.25) is 0 Å². The molecule has 7 rings (SSSR count). The molecule has 1 aliphatic carbocycles. The number of aliphatic carboxylic acids is 1. The summed E-state index contributed by atoms with van der Waals surface area (Å²) >= 11 is 0. The van der Waals surface area contributed by atoms with Crippen LogP contribution in [0.4, 0.5) is 10.5 Å². The van der Waals surface area contributed by atoms with E-state index >= 15 is 0 Å². The first-order valence-corrected chi connectivity index (χ1v) is 15.6. The topological polar surface area (TPSA) is 121 Å². The highest BCUT2D eigenvalue weighted by Crippen LogP contribution is 2.48. The van der Waals surface area contributed by atoms with E-state index in [0.717, 1.165) is 62.3 Å². The molecule has 1 saturated carbocycles. The van der Waals surface area contributed by atoms with Crippen LogP contribution in [0.5, 0.6) is 0 Å². The van der Waals surface area contributed by atoms with Gasteiger partial charge in [-0.2, -0.15) is 0 Å². The molecule has 0 saturated heterocycles. The van der Waals surface area contributed by atoms with Gasteiger partial charge in [0, 0.05) is 42.2 Å². The van der Waals surface area contributed by atoms with E-state index in [1.165, 1.54) is 6.33 Å². The quantitative estimate of drug-likeness (QED) is 0.207. The van der Waals surface area contributed by atoms with E-state index in [2.05, 4.69) is 47.3 Å². The summed E-state index contributed by atoms with van der Waals surface area (Å²) in [6.07, 6.45) is 7.66. The highest BCUT2D eigenvalue weighted by atomic mass is 16.4. The number of hydrogen-bond acceptors (Lipinski definition) is 6. The summed E-state index contributed by atoms with van der Waals surface area (Å²) < 4.78 is 0. The van der Waals surface area contributed by atoms with Gasteiger partial charge in [0.15, 0.2) is 5.82 Å². The van der Waals surface area contributed by atoms with Crippen molar-refractivity contribution < 1.29 is 14.7 Å². The number of fused-ring (bicyclic) bond motifs is 1. The number of carboxylic acids is 1. The number of rotatable bonds is 7. The third kappa shape index (κ3) is 5.49. The minimum absolute atomic E-state index is 0.186. The zero-order valence-corrected chi connectivity index (χ0v) is 25.8. The first-order valence-electron chi connectivity index (χ1n) is 15.6. The number of carbonyl (C=O) groups excluding carboxylic acids is 1. The molecule has 46 heavy (non-hydrogen) atoms. The smallest absolute Gasteiger partial charge is 0.322 e. The Kier molecular flexibility index (Phi) is 7.52. The second-order valence-corrected chi connectivity index (χ2v) is 12.1. The molecular formula is C37H34N6O3. The van der Waals surface area contributed by atoms with Crippen molar-refractivity contribution in [3.63, 3.8) is 0 Å². The second-order valence-electron chi connectivity index (χ2n) is 12.1. The highest BCUT2D eigenvalue weighted by molar-refractivity contribution is 5.91. The molecule has 0 atom stereocenters. The molecule has 0 bridgehead atoms. The fraction of sp³-hybridized carbons (Fsp3) is 0.243. The number of carbonyl (C=O) groups is 2. The average Bonchev–Trinajstić information content (AvgIpc) is 3.91. The first-order chi connectivity index (χ1) is 22.3. The highest BCUT2D eigenvalue weighted by Gasteiger charge is 2.51. The molecule has 0 spiro atoms. The molecule has 3 heterocycles. The molecule has 0 radical (unpaired) electrons.